The van der Waals surface area contributed by atoms with Crippen molar-refractivity contribution in [1.29, 1.82) is 0 Å². The van der Waals surface area contributed by atoms with Crippen LogP contribution in [-0.2, 0) is 4.74 Å². The number of fused-ring (bicyclic) bond motifs is 1. The summed E-state index contributed by atoms with van der Waals surface area (Å²) in [5.41, 5.74) is 2.56. The van der Waals surface area contributed by atoms with E-state index in [1.54, 1.807) is 11.3 Å². The van der Waals surface area contributed by atoms with Gasteiger partial charge in [0.2, 0.25) is 5.95 Å². The number of morpholine rings is 1. The third kappa shape index (κ3) is 2.32. The number of hydrogen-bond acceptors (Lipinski definition) is 7. The molecule has 1 fully saturated rings. The van der Waals surface area contributed by atoms with Gasteiger partial charge >= 0.3 is 0 Å². The average molecular weight is 293 g/mol. The summed E-state index contributed by atoms with van der Waals surface area (Å²) in [5.74, 6) is 6.89. The van der Waals surface area contributed by atoms with Gasteiger partial charge in [0, 0.05) is 11.4 Å². The molecule has 0 aliphatic carbocycles. The second-order valence-corrected chi connectivity index (χ2v) is 6.47. The van der Waals surface area contributed by atoms with E-state index in [9.17, 15) is 0 Å². The number of anilines is 2. The highest BCUT2D eigenvalue weighted by Gasteiger charge is 2.27. The Kier molecular flexibility index (Phi) is 3.49. The van der Waals surface area contributed by atoms with Gasteiger partial charge in [0.05, 0.1) is 24.1 Å². The molecule has 3 N–H and O–H groups in total. The smallest absolute Gasteiger partial charge is 0.240 e. The summed E-state index contributed by atoms with van der Waals surface area (Å²) in [6, 6.07) is 2.43. The zero-order chi connectivity index (χ0) is 14.3. The first kappa shape index (κ1) is 13.5. The SMILES string of the molecule is Cc1cc2c(N3CC(C)OCC3C)nc(NN)nc2s1. The predicted molar refractivity (Wildman–Crippen MR) is 82.2 cm³/mol. The van der Waals surface area contributed by atoms with Crippen molar-refractivity contribution in [1.82, 2.24) is 9.97 Å². The first-order valence-corrected chi connectivity index (χ1v) is 7.53. The molecular formula is C13H19N5OS. The van der Waals surface area contributed by atoms with E-state index >= 15 is 0 Å². The van der Waals surface area contributed by atoms with Crippen LogP contribution in [0.3, 0.4) is 0 Å². The Labute approximate surface area is 121 Å². The van der Waals surface area contributed by atoms with Crippen LogP contribution in [0.2, 0.25) is 0 Å². The van der Waals surface area contributed by atoms with Crippen LogP contribution < -0.4 is 16.2 Å². The van der Waals surface area contributed by atoms with Gasteiger partial charge in [-0.3, -0.25) is 5.43 Å². The molecule has 2 unspecified atom stereocenters. The van der Waals surface area contributed by atoms with Crippen molar-refractivity contribution in [3.8, 4) is 0 Å². The van der Waals surface area contributed by atoms with Crippen molar-refractivity contribution in [2.75, 3.05) is 23.5 Å². The Balaban J connectivity index is 2.12. The fourth-order valence-corrected chi connectivity index (χ4v) is 3.38. The third-order valence-electron chi connectivity index (χ3n) is 3.50. The topological polar surface area (TPSA) is 76.3 Å². The lowest BCUT2D eigenvalue weighted by Gasteiger charge is -2.38. The van der Waals surface area contributed by atoms with E-state index in [0.717, 1.165) is 22.6 Å². The quantitative estimate of drug-likeness (QED) is 0.650. The summed E-state index contributed by atoms with van der Waals surface area (Å²) in [4.78, 5) is 13.5. The molecule has 0 amide bonds. The molecule has 6 nitrogen and oxygen atoms in total. The van der Waals surface area contributed by atoms with Gasteiger partial charge in [-0.25, -0.2) is 10.8 Å². The van der Waals surface area contributed by atoms with E-state index in [1.165, 1.54) is 4.88 Å². The molecule has 0 aromatic carbocycles. The Morgan fingerprint density at radius 2 is 2.25 bits per heavy atom. The maximum absolute atomic E-state index is 5.69. The van der Waals surface area contributed by atoms with E-state index in [-0.39, 0.29) is 12.1 Å². The summed E-state index contributed by atoms with van der Waals surface area (Å²) >= 11 is 1.66. The second kappa shape index (κ2) is 5.16. The Hall–Kier alpha value is -1.44. The normalized spacial score (nSPS) is 23.3. The molecule has 0 spiro atoms. The third-order valence-corrected chi connectivity index (χ3v) is 4.45. The van der Waals surface area contributed by atoms with Crippen LogP contribution in [0.25, 0.3) is 10.2 Å². The number of ether oxygens (including phenoxy) is 1. The molecule has 3 heterocycles. The average Bonchev–Trinajstić information content (AvgIpc) is 2.80. The van der Waals surface area contributed by atoms with Crippen LogP contribution in [0, 0.1) is 6.92 Å². The molecule has 0 saturated carbocycles. The lowest BCUT2D eigenvalue weighted by Crippen LogP contribution is -2.48. The highest BCUT2D eigenvalue weighted by molar-refractivity contribution is 7.18. The molecule has 0 bridgehead atoms. The molecule has 1 saturated heterocycles. The van der Waals surface area contributed by atoms with E-state index in [0.29, 0.717) is 12.6 Å². The highest BCUT2D eigenvalue weighted by atomic mass is 32.1. The van der Waals surface area contributed by atoms with Crippen molar-refractivity contribution < 1.29 is 4.74 Å². The van der Waals surface area contributed by atoms with Gasteiger partial charge < -0.3 is 9.64 Å². The number of hydrogen-bond donors (Lipinski definition) is 2. The number of nitrogens with two attached hydrogens (primary N) is 1. The zero-order valence-electron chi connectivity index (χ0n) is 11.9. The van der Waals surface area contributed by atoms with E-state index in [1.807, 2.05) is 0 Å². The lowest BCUT2D eigenvalue weighted by molar-refractivity contribution is 0.0342. The van der Waals surface area contributed by atoms with Crippen LogP contribution in [0.5, 0.6) is 0 Å². The van der Waals surface area contributed by atoms with Crippen LogP contribution >= 0.6 is 11.3 Å². The minimum absolute atomic E-state index is 0.199. The Morgan fingerprint density at radius 3 is 3.00 bits per heavy atom. The van der Waals surface area contributed by atoms with Gasteiger partial charge in [-0.15, -0.1) is 11.3 Å². The molecule has 0 radical (unpaired) electrons. The van der Waals surface area contributed by atoms with E-state index in [4.69, 9.17) is 10.6 Å². The van der Waals surface area contributed by atoms with Gasteiger partial charge in [0.1, 0.15) is 10.6 Å². The molecular weight excluding hydrogens is 274 g/mol. The number of nitrogen functional groups attached to an aromatic ring is 1. The van der Waals surface area contributed by atoms with Gasteiger partial charge in [-0.2, -0.15) is 4.98 Å². The molecule has 1 aliphatic heterocycles. The number of hydrazine groups is 1. The molecule has 3 rings (SSSR count). The van der Waals surface area contributed by atoms with E-state index < -0.39 is 0 Å². The van der Waals surface area contributed by atoms with Crippen LogP contribution in [0.15, 0.2) is 6.07 Å². The Bertz CT molecular complexity index is 628. The monoisotopic (exact) mass is 293 g/mol. The molecule has 2 aromatic heterocycles. The van der Waals surface area contributed by atoms with Crippen molar-refractivity contribution >= 4 is 33.3 Å². The van der Waals surface area contributed by atoms with Crippen molar-refractivity contribution in [2.24, 2.45) is 5.84 Å². The summed E-state index contributed by atoms with van der Waals surface area (Å²) in [5, 5.41) is 1.09. The van der Waals surface area contributed by atoms with Crippen LogP contribution in [0.1, 0.15) is 18.7 Å². The molecule has 1 aliphatic rings. The number of nitrogens with zero attached hydrogens (tertiary/aromatic N) is 3. The lowest BCUT2D eigenvalue weighted by atomic mass is 10.2. The van der Waals surface area contributed by atoms with Gasteiger partial charge in [0.25, 0.3) is 0 Å². The Morgan fingerprint density at radius 1 is 1.45 bits per heavy atom. The fourth-order valence-electron chi connectivity index (χ4n) is 2.51. The van der Waals surface area contributed by atoms with E-state index in [2.05, 4.69) is 47.1 Å². The summed E-state index contributed by atoms with van der Waals surface area (Å²) < 4.78 is 5.69. The summed E-state index contributed by atoms with van der Waals surface area (Å²) in [7, 11) is 0. The molecule has 2 aromatic rings. The minimum Gasteiger partial charge on any atom is -0.375 e. The van der Waals surface area contributed by atoms with Gasteiger partial charge in [-0.1, -0.05) is 0 Å². The molecule has 2 atom stereocenters. The predicted octanol–water partition coefficient (Wildman–Crippen LogP) is 1.90. The first-order valence-electron chi connectivity index (χ1n) is 6.71. The number of aryl methyl sites for hydroxylation is 1. The zero-order valence-corrected chi connectivity index (χ0v) is 12.7. The number of thiophene rings is 1. The number of aromatic nitrogens is 2. The molecule has 20 heavy (non-hydrogen) atoms. The van der Waals surface area contributed by atoms with Gasteiger partial charge in [0.15, 0.2) is 0 Å². The number of nitrogens with one attached hydrogen (secondary N) is 1. The van der Waals surface area contributed by atoms with Crippen LogP contribution in [-0.4, -0.2) is 35.3 Å². The first-order chi connectivity index (χ1) is 9.58. The fraction of sp³-hybridized carbons (Fsp3) is 0.538. The van der Waals surface area contributed by atoms with Crippen molar-refractivity contribution in [3.05, 3.63) is 10.9 Å². The molecule has 108 valence electrons. The van der Waals surface area contributed by atoms with Gasteiger partial charge in [-0.05, 0) is 26.8 Å². The number of rotatable bonds is 2. The molecule has 7 heteroatoms. The highest BCUT2D eigenvalue weighted by Crippen LogP contribution is 2.33. The maximum Gasteiger partial charge on any atom is 0.240 e. The van der Waals surface area contributed by atoms with Crippen LogP contribution in [0.4, 0.5) is 11.8 Å². The summed E-state index contributed by atoms with van der Waals surface area (Å²) in [6.45, 7) is 7.84. The second-order valence-electron chi connectivity index (χ2n) is 5.24. The summed E-state index contributed by atoms with van der Waals surface area (Å²) in [6.07, 6.45) is 0.199. The van der Waals surface area contributed by atoms with Crippen molar-refractivity contribution in [2.45, 2.75) is 32.9 Å². The minimum atomic E-state index is 0.199. The maximum atomic E-state index is 5.69. The largest absolute Gasteiger partial charge is 0.375 e. The van der Waals surface area contributed by atoms with Crippen molar-refractivity contribution in [3.63, 3.8) is 0 Å². The standard InChI is InChI=1S/C13H19N5OS/c1-7-6-19-8(2)5-18(7)11-10-4-9(3)20-12(10)16-13(15-11)17-14/h4,7-8H,5-6,14H2,1-3H3,(H,15,16,17).